The molecular formula is C15H14N4O3. The minimum atomic E-state index is -0.358. The molecule has 1 aromatic carbocycles. The number of carbonyl (C=O) groups excluding carboxylic acids is 1. The van der Waals surface area contributed by atoms with Crippen molar-refractivity contribution in [2.24, 2.45) is 0 Å². The number of carbonyl (C=O) groups is 1. The fourth-order valence-corrected chi connectivity index (χ4v) is 2.20. The van der Waals surface area contributed by atoms with Gasteiger partial charge in [-0.15, -0.1) is 0 Å². The molecule has 1 amide bonds. The van der Waals surface area contributed by atoms with Crippen LogP contribution in [0.1, 0.15) is 10.4 Å². The Morgan fingerprint density at radius 2 is 1.86 bits per heavy atom. The SMILES string of the molecule is COc1cccc(OC)c1C(=O)Nc1[nH]nc2ncccc12. The summed E-state index contributed by atoms with van der Waals surface area (Å²) in [5, 5.41) is 10.3. The summed E-state index contributed by atoms with van der Waals surface area (Å²) in [6.45, 7) is 0. The predicted molar refractivity (Wildman–Crippen MR) is 81.4 cm³/mol. The standard InChI is InChI=1S/C15H14N4O3/c1-21-10-6-3-7-11(22-2)12(10)15(20)17-14-9-5-4-8-16-13(9)18-19-14/h3-8H,1-2H3,(H2,16,17,18,19,20). The van der Waals surface area contributed by atoms with Gasteiger partial charge in [-0.2, -0.15) is 5.10 Å². The lowest BCUT2D eigenvalue weighted by atomic mass is 10.1. The highest BCUT2D eigenvalue weighted by molar-refractivity contribution is 6.10. The molecule has 22 heavy (non-hydrogen) atoms. The third-order valence-electron chi connectivity index (χ3n) is 3.22. The van der Waals surface area contributed by atoms with Crippen LogP contribution in [0.25, 0.3) is 11.0 Å². The highest BCUT2D eigenvalue weighted by Gasteiger charge is 2.19. The summed E-state index contributed by atoms with van der Waals surface area (Å²) in [5.41, 5.74) is 0.851. The van der Waals surface area contributed by atoms with E-state index < -0.39 is 0 Å². The zero-order valence-electron chi connectivity index (χ0n) is 12.1. The van der Waals surface area contributed by atoms with Crippen molar-refractivity contribution < 1.29 is 14.3 Å². The first-order valence-corrected chi connectivity index (χ1v) is 6.56. The first kappa shape index (κ1) is 13.9. The summed E-state index contributed by atoms with van der Waals surface area (Å²) in [6, 6.07) is 8.75. The second kappa shape index (κ2) is 5.72. The van der Waals surface area contributed by atoms with Crippen molar-refractivity contribution in [1.82, 2.24) is 15.2 Å². The van der Waals surface area contributed by atoms with Crippen molar-refractivity contribution in [1.29, 1.82) is 0 Å². The summed E-state index contributed by atoms with van der Waals surface area (Å²) in [7, 11) is 3.00. The third-order valence-corrected chi connectivity index (χ3v) is 3.22. The molecule has 2 N–H and O–H groups in total. The van der Waals surface area contributed by atoms with E-state index in [0.29, 0.717) is 28.5 Å². The Labute approximate surface area is 126 Å². The van der Waals surface area contributed by atoms with E-state index in [9.17, 15) is 4.79 Å². The van der Waals surface area contributed by atoms with Crippen LogP contribution in [0.3, 0.4) is 0 Å². The lowest BCUT2D eigenvalue weighted by Gasteiger charge is -2.12. The number of nitrogens with one attached hydrogen (secondary N) is 2. The molecule has 0 radical (unpaired) electrons. The third kappa shape index (κ3) is 2.32. The van der Waals surface area contributed by atoms with Crippen molar-refractivity contribution in [2.75, 3.05) is 19.5 Å². The van der Waals surface area contributed by atoms with Gasteiger partial charge in [-0.3, -0.25) is 9.89 Å². The maximum Gasteiger partial charge on any atom is 0.264 e. The highest BCUT2D eigenvalue weighted by atomic mass is 16.5. The molecule has 0 aliphatic rings. The Kier molecular flexibility index (Phi) is 3.61. The van der Waals surface area contributed by atoms with Gasteiger partial charge < -0.3 is 14.8 Å². The van der Waals surface area contributed by atoms with Crippen molar-refractivity contribution in [3.05, 3.63) is 42.1 Å². The van der Waals surface area contributed by atoms with Crippen LogP contribution in [-0.2, 0) is 0 Å². The van der Waals surface area contributed by atoms with Crippen LogP contribution in [0, 0.1) is 0 Å². The number of ether oxygens (including phenoxy) is 2. The Morgan fingerprint density at radius 3 is 2.55 bits per heavy atom. The minimum absolute atomic E-state index is 0.319. The number of H-pyrrole nitrogens is 1. The molecule has 0 saturated heterocycles. The normalized spacial score (nSPS) is 10.5. The number of aromatic amines is 1. The molecule has 0 atom stereocenters. The number of rotatable bonds is 4. The molecule has 0 fully saturated rings. The van der Waals surface area contributed by atoms with Crippen molar-refractivity contribution >= 4 is 22.8 Å². The van der Waals surface area contributed by atoms with Gasteiger partial charge in [0.1, 0.15) is 22.9 Å². The number of amides is 1. The number of benzene rings is 1. The molecule has 112 valence electrons. The monoisotopic (exact) mass is 298 g/mol. The summed E-state index contributed by atoms with van der Waals surface area (Å²) in [6.07, 6.45) is 1.64. The first-order chi connectivity index (χ1) is 10.7. The first-order valence-electron chi connectivity index (χ1n) is 6.56. The molecule has 0 bridgehead atoms. The van der Waals surface area contributed by atoms with Crippen LogP contribution in [0.5, 0.6) is 11.5 Å². The van der Waals surface area contributed by atoms with Crippen LogP contribution in [0.15, 0.2) is 36.5 Å². The summed E-state index contributed by atoms with van der Waals surface area (Å²) < 4.78 is 10.5. The molecule has 2 heterocycles. The smallest absolute Gasteiger partial charge is 0.264 e. The molecule has 7 heteroatoms. The molecule has 0 spiro atoms. The van der Waals surface area contributed by atoms with Gasteiger partial charge in [0.2, 0.25) is 0 Å². The quantitative estimate of drug-likeness (QED) is 0.771. The summed E-state index contributed by atoms with van der Waals surface area (Å²) in [5.74, 6) is 0.974. The van der Waals surface area contributed by atoms with E-state index in [1.165, 1.54) is 14.2 Å². The predicted octanol–water partition coefficient (Wildman–Crippen LogP) is 2.23. The average molecular weight is 298 g/mol. The molecule has 3 rings (SSSR count). The maximum absolute atomic E-state index is 12.6. The van der Waals surface area contributed by atoms with E-state index in [2.05, 4.69) is 20.5 Å². The zero-order valence-corrected chi connectivity index (χ0v) is 12.1. The van der Waals surface area contributed by atoms with Gasteiger partial charge in [0.15, 0.2) is 5.65 Å². The number of fused-ring (bicyclic) bond motifs is 1. The van der Waals surface area contributed by atoms with Gasteiger partial charge in [0.05, 0.1) is 19.6 Å². The van der Waals surface area contributed by atoms with Crippen molar-refractivity contribution in [2.45, 2.75) is 0 Å². The minimum Gasteiger partial charge on any atom is -0.496 e. The number of anilines is 1. The van der Waals surface area contributed by atoms with E-state index in [-0.39, 0.29) is 5.91 Å². The Bertz CT molecular complexity index is 806. The van der Waals surface area contributed by atoms with Crippen LogP contribution < -0.4 is 14.8 Å². The Morgan fingerprint density at radius 1 is 1.14 bits per heavy atom. The second-order valence-corrected chi connectivity index (χ2v) is 4.46. The fraction of sp³-hybridized carbons (Fsp3) is 0.133. The molecule has 0 unspecified atom stereocenters. The van der Waals surface area contributed by atoms with Gasteiger partial charge in [0.25, 0.3) is 5.91 Å². The second-order valence-electron chi connectivity index (χ2n) is 4.46. The number of nitrogens with zero attached hydrogens (tertiary/aromatic N) is 2. The number of methoxy groups -OCH3 is 2. The zero-order chi connectivity index (χ0) is 15.5. The fourth-order valence-electron chi connectivity index (χ4n) is 2.20. The van der Waals surface area contributed by atoms with E-state index in [1.807, 2.05) is 6.07 Å². The van der Waals surface area contributed by atoms with Gasteiger partial charge in [-0.05, 0) is 24.3 Å². The number of aromatic nitrogens is 3. The topological polar surface area (TPSA) is 89.1 Å². The van der Waals surface area contributed by atoms with Crippen molar-refractivity contribution in [3.8, 4) is 11.5 Å². The largest absolute Gasteiger partial charge is 0.496 e. The van der Waals surface area contributed by atoms with Gasteiger partial charge in [0, 0.05) is 6.20 Å². The number of hydrogen-bond donors (Lipinski definition) is 2. The molecule has 7 nitrogen and oxygen atoms in total. The van der Waals surface area contributed by atoms with Crippen molar-refractivity contribution in [3.63, 3.8) is 0 Å². The molecule has 3 aromatic rings. The van der Waals surface area contributed by atoms with E-state index in [4.69, 9.17) is 9.47 Å². The lowest BCUT2D eigenvalue weighted by molar-refractivity contribution is 0.102. The molecular weight excluding hydrogens is 284 g/mol. The van der Waals surface area contributed by atoms with Gasteiger partial charge in [-0.25, -0.2) is 4.98 Å². The molecule has 0 aliphatic carbocycles. The number of hydrogen-bond acceptors (Lipinski definition) is 5. The molecule has 0 saturated carbocycles. The van der Waals surface area contributed by atoms with E-state index >= 15 is 0 Å². The van der Waals surface area contributed by atoms with Gasteiger partial charge in [-0.1, -0.05) is 6.07 Å². The lowest BCUT2D eigenvalue weighted by Crippen LogP contribution is -2.15. The van der Waals surface area contributed by atoms with Crippen LogP contribution in [-0.4, -0.2) is 35.3 Å². The van der Waals surface area contributed by atoms with Crippen LogP contribution in [0.4, 0.5) is 5.82 Å². The number of pyridine rings is 1. The Hall–Kier alpha value is -3.09. The highest BCUT2D eigenvalue weighted by Crippen LogP contribution is 2.29. The summed E-state index contributed by atoms with van der Waals surface area (Å²) in [4.78, 5) is 16.7. The summed E-state index contributed by atoms with van der Waals surface area (Å²) >= 11 is 0. The maximum atomic E-state index is 12.6. The average Bonchev–Trinajstić information content (AvgIpc) is 2.97. The van der Waals surface area contributed by atoms with E-state index in [0.717, 1.165) is 5.39 Å². The van der Waals surface area contributed by atoms with Crippen LogP contribution in [0.2, 0.25) is 0 Å². The van der Waals surface area contributed by atoms with E-state index in [1.54, 1.807) is 30.5 Å². The van der Waals surface area contributed by atoms with Gasteiger partial charge >= 0.3 is 0 Å². The molecule has 0 aliphatic heterocycles. The van der Waals surface area contributed by atoms with Crippen LogP contribution >= 0.6 is 0 Å². The molecule has 2 aromatic heterocycles. The Balaban J connectivity index is 1.98.